The number of amides is 1. The fraction of sp³-hybridized carbons (Fsp3) is 0.846. The summed E-state index contributed by atoms with van der Waals surface area (Å²) >= 11 is 0. The summed E-state index contributed by atoms with van der Waals surface area (Å²) in [6, 6.07) is -1.01. The third kappa shape index (κ3) is 5.04. The summed E-state index contributed by atoms with van der Waals surface area (Å²) in [7, 11) is 0. The van der Waals surface area contributed by atoms with Gasteiger partial charge in [-0.2, -0.15) is 0 Å². The summed E-state index contributed by atoms with van der Waals surface area (Å²) in [6.45, 7) is 4.73. The molecule has 1 unspecified atom stereocenters. The van der Waals surface area contributed by atoms with Crippen LogP contribution in [0.4, 0.5) is 0 Å². The van der Waals surface area contributed by atoms with Gasteiger partial charge in [0.25, 0.3) is 0 Å². The third-order valence-electron chi connectivity index (χ3n) is 3.20. The number of aliphatic carboxylic acids is 1. The molecule has 18 heavy (non-hydrogen) atoms. The Bertz CT molecular complexity index is 284. The van der Waals surface area contributed by atoms with Gasteiger partial charge < -0.3 is 15.7 Å². The van der Waals surface area contributed by atoms with Crippen molar-refractivity contribution in [3.8, 4) is 0 Å². The van der Waals surface area contributed by atoms with E-state index in [9.17, 15) is 9.59 Å². The minimum absolute atomic E-state index is 0.176. The maximum atomic E-state index is 12.0. The van der Waals surface area contributed by atoms with Crippen LogP contribution in [0.15, 0.2) is 0 Å². The lowest BCUT2D eigenvalue weighted by molar-refractivity contribution is -0.142. The summed E-state index contributed by atoms with van der Waals surface area (Å²) in [5.74, 6) is -0.885. The van der Waals surface area contributed by atoms with Crippen molar-refractivity contribution in [2.24, 2.45) is 5.92 Å². The first-order valence-electron chi connectivity index (χ1n) is 6.77. The minimum atomic E-state index is -0.953. The van der Waals surface area contributed by atoms with Gasteiger partial charge in [0.1, 0.15) is 6.04 Å². The quantitative estimate of drug-likeness (QED) is 0.689. The normalized spacial score (nSPS) is 22.3. The number of hydrogen-bond donors (Lipinski definition) is 3. The highest BCUT2D eigenvalue weighted by Gasteiger charge is 2.26. The Morgan fingerprint density at radius 2 is 2.06 bits per heavy atom. The molecule has 0 radical (unpaired) electrons. The fourth-order valence-electron chi connectivity index (χ4n) is 2.22. The van der Waals surface area contributed by atoms with Crippen molar-refractivity contribution in [3.63, 3.8) is 0 Å². The third-order valence-corrected chi connectivity index (χ3v) is 3.20. The van der Waals surface area contributed by atoms with Crippen LogP contribution in [0, 0.1) is 5.92 Å². The lowest BCUT2D eigenvalue weighted by Gasteiger charge is -2.21. The Kier molecular flexibility index (Phi) is 6.12. The average Bonchev–Trinajstić information content (AvgIpc) is 2.55. The Morgan fingerprint density at radius 3 is 2.67 bits per heavy atom. The standard InChI is InChI=1S/C13H24N2O3/c1-9(2)8-11(13(17)18)15-12(16)10-6-4-3-5-7-14-10/h9-11,14H,3-8H2,1-2H3,(H,15,16)(H,17,18)/t10?,11-/m0/s1. The van der Waals surface area contributed by atoms with E-state index in [0.717, 1.165) is 32.2 Å². The van der Waals surface area contributed by atoms with Gasteiger partial charge in [-0.25, -0.2) is 4.79 Å². The Hall–Kier alpha value is -1.10. The highest BCUT2D eigenvalue weighted by molar-refractivity contribution is 5.86. The number of carbonyl (C=O) groups excluding carboxylic acids is 1. The molecule has 0 saturated carbocycles. The molecule has 1 aliphatic rings. The number of carboxylic acid groups (broad SMARTS) is 1. The summed E-state index contributed by atoms with van der Waals surface area (Å²) < 4.78 is 0. The van der Waals surface area contributed by atoms with Crippen LogP contribution in [0.1, 0.15) is 46.0 Å². The van der Waals surface area contributed by atoms with E-state index >= 15 is 0 Å². The first-order chi connectivity index (χ1) is 8.50. The molecule has 0 bridgehead atoms. The van der Waals surface area contributed by atoms with Crippen LogP contribution in [0.25, 0.3) is 0 Å². The topological polar surface area (TPSA) is 78.4 Å². The van der Waals surface area contributed by atoms with E-state index in [1.54, 1.807) is 0 Å². The van der Waals surface area contributed by atoms with E-state index in [0.29, 0.717) is 6.42 Å². The van der Waals surface area contributed by atoms with Crippen molar-refractivity contribution in [1.29, 1.82) is 0 Å². The van der Waals surface area contributed by atoms with Crippen molar-refractivity contribution in [1.82, 2.24) is 10.6 Å². The van der Waals surface area contributed by atoms with Crippen molar-refractivity contribution in [2.45, 2.75) is 58.0 Å². The molecule has 1 fully saturated rings. The molecule has 0 spiro atoms. The molecule has 1 aliphatic heterocycles. The molecule has 0 aromatic rings. The van der Waals surface area contributed by atoms with Gasteiger partial charge >= 0.3 is 5.97 Å². The van der Waals surface area contributed by atoms with Crippen LogP contribution in [-0.2, 0) is 9.59 Å². The van der Waals surface area contributed by atoms with Crippen molar-refractivity contribution < 1.29 is 14.7 Å². The molecular formula is C13H24N2O3. The van der Waals surface area contributed by atoms with Crippen molar-refractivity contribution >= 4 is 11.9 Å². The van der Waals surface area contributed by atoms with Crippen LogP contribution in [0.3, 0.4) is 0 Å². The molecular weight excluding hydrogens is 232 g/mol. The second kappa shape index (κ2) is 7.36. The molecule has 0 aromatic carbocycles. The number of hydrogen-bond acceptors (Lipinski definition) is 3. The van der Waals surface area contributed by atoms with Gasteiger partial charge in [0.05, 0.1) is 6.04 Å². The lowest BCUT2D eigenvalue weighted by Crippen LogP contribution is -2.50. The Balaban J connectivity index is 2.51. The van der Waals surface area contributed by atoms with E-state index in [1.807, 2.05) is 13.8 Å². The first-order valence-corrected chi connectivity index (χ1v) is 6.77. The van der Waals surface area contributed by atoms with Crippen LogP contribution in [0.5, 0.6) is 0 Å². The SMILES string of the molecule is CC(C)C[C@H](NC(=O)C1CCCCCN1)C(=O)O. The molecule has 1 amide bonds. The lowest BCUT2D eigenvalue weighted by atomic mass is 10.0. The fourth-order valence-corrected chi connectivity index (χ4v) is 2.22. The van der Waals surface area contributed by atoms with Crippen LogP contribution >= 0.6 is 0 Å². The summed E-state index contributed by atoms with van der Waals surface area (Å²) in [5, 5.41) is 14.9. The predicted molar refractivity (Wildman–Crippen MR) is 69.3 cm³/mol. The molecule has 3 N–H and O–H groups in total. The highest BCUT2D eigenvalue weighted by Crippen LogP contribution is 2.10. The monoisotopic (exact) mass is 256 g/mol. The number of carbonyl (C=O) groups is 2. The zero-order chi connectivity index (χ0) is 13.5. The van der Waals surface area contributed by atoms with E-state index in [1.165, 1.54) is 0 Å². The molecule has 1 heterocycles. The summed E-state index contributed by atoms with van der Waals surface area (Å²) in [6.07, 6.45) is 4.49. The van der Waals surface area contributed by atoms with E-state index in [4.69, 9.17) is 5.11 Å². The zero-order valence-electron chi connectivity index (χ0n) is 11.2. The van der Waals surface area contributed by atoms with E-state index < -0.39 is 12.0 Å². The van der Waals surface area contributed by atoms with Gasteiger partial charge in [0.15, 0.2) is 0 Å². The Morgan fingerprint density at radius 1 is 1.33 bits per heavy atom. The van der Waals surface area contributed by atoms with Crippen molar-refractivity contribution in [2.75, 3.05) is 6.54 Å². The number of nitrogens with one attached hydrogen (secondary N) is 2. The van der Waals surface area contributed by atoms with E-state index in [2.05, 4.69) is 10.6 Å². The van der Waals surface area contributed by atoms with Crippen LogP contribution in [0.2, 0.25) is 0 Å². The highest BCUT2D eigenvalue weighted by atomic mass is 16.4. The molecule has 2 atom stereocenters. The molecule has 1 rings (SSSR count). The van der Waals surface area contributed by atoms with Gasteiger partial charge in [-0.15, -0.1) is 0 Å². The van der Waals surface area contributed by atoms with Crippen LogP contribution < -0.4 is 10.6 Å². The van der Waals surface area contributed by atoms with E-state index in [-0.39, 0.29) is 17.9 Å². The minimum Gasteiger partial charge on any atom is -0.480 e. The summed E-state index contributed by atoms with van der Waals surface area (Å²) in [4.78, 5) is 23.1. The molecule has 104 valence electrons. The number of rotatable bonds is 5. The largest absolute Gasteiger partial charge is 0.480 e. The van der Waals surface area contributed by atoms with Gasteiger partial charge in [-0.1, -0.05) is 26.7 Å². The van der Waals surface area contributed by atoms with Gasteiger partial charge in [0.2, 0.25) is 5.91 Å². The molecule has 5 nitrogen and oxygen atoms in total. The molecule has 0 aromatic heterocycles. The maximum absolute atomic E-state index is 12.0. The zero-order valence-corrected chi connectivity index (χ0v) is 11.2. The molecule has 1 saturated heterocycles. The molecule has 0 aliphatic carbocycles. The average molecular weight is 256 g/mol. The van der Waals surface area contributed by atoms with Crippen molar-refractivity contribution in [3.05, 3.63) is 0 Å². The predicted octanol–water partition coefficient (Wildman–Crippen LogP) is 1.13. The summed E-state index contributed by atoms with van der Waals surface area (Å²) in [5.41, 5.74) is 0. The second-order valence-corrected chi connectivity index (χ2v) is 5.39. The van der Waals surface area contributed by atoms with Crippen LogP contribution in [-0.4, -0.2) is 35.6 Å². The van der Waals surface area contributed by atoms with Gasteiger partial charge in [-0.3, -0.25) is 4.79 Å². The van der Waals surface area contributed by atoms with Gasteiger partial charge in [-0.05, 0) is 31.7 Å². The van der Waals surface area contributed by atoms with Gasteiger partial charge in [0, 0.05) is 0 Å². The smallest absolute Gasteiger partial charge is 0.326 e. The Labute approximate surface area is 108 Å². The first kappa shape index (κ1) is 15.0. The number of carboxylic acids is 1. The second-order valence-electron chi connectivity index (χ2n) is 5.39. The molecule has 5 heteroatoms. The maximum Gasteiger partial charge on any atom is 0.326 e.